The summed E-state index contributed by atoms with van der Waals surface area (Å²) in [5, 5.41) is 20.9. The Kier molecular flexibility index (Phi) is 4.25. The Hall–Kier alpha value is -1.18. The molecular formula is C20H25F5O3. The number of hydrogen-bond donors (Lipinski definition) is 2. The van der Waals surface area contributed by atoms with Crippen molar-refractivity contribution in [3.05, 3.63) is 11.3 Å². The Labute approximate surface area is 160 Å². The molecule has 0 aliphatic heterocycles. The zero-order chi connectivity index (χ0) is 20.7. The first-order chi connectivity index (χ1) is 12.8. The fourth-order valence-corrected chi connectivity index (χ4v) is 7.03. The molecule has 4 aliphatic rings. The van der Waals surface area contributed by atoms with Gasteiger partial charge >= 0.3 is 12.1 Å². The maximum absolute atomic E-state index is 14.4. The van der Waals surface area contributed by atoms with Crippen molar-refractivity contribution in [2.45, 2.75) is 76.0 Å². The Balaban J connectivity index is 1.68. The predicted molar refractivity (Wildman–Crippen MR) is 89.6 cm³/mol. The highest BCUT2D eigenvalue weighted by Crippen LogP contribution is 2.69. The van der Waals surface area contributed by atoms with Crippen LogP contribution < -0.4 is 0 Å². The molecule has 3 nitrogen and oxygen atoms in total. The van der Waals surface area contributed by atoms with Gasteiger partial charge in [-0.3, -0.25) is 4.79 Å². The standard InChI is InChI=1S/C20H25F5O3/c1-17-8-6-11-10-4-5-15(26)16(27)13(10)3-2-12(11)14(17)7-9-18(17,28)19(21,22)20(23,24)25/h10-12,14,27-28H,2-9H2,1H3/t10-,11-,12-,14+,17+,18+/m1/s1. The Morgan fingerprint density at radius 3 is 2.29 bits per heavy atom. The van der Waals surface area contributed by atoms with Gasteiger partial charge in [0.2, 0.25) is 0 Å². The minimum absolute atomic E-state index is 0.0159. The van der Waals surface area contributed by atoms with Crippen LogP contribution in [0.15, 0.2) is 11.3 Å². The van der Waals surface area contributed by atoms with Crippen molar-refractivity contribution in [3.8, 4) is 0 Å². The molecule has 0 aromatic heterocycles. The van der Waals surface area contributed by atoms with Gasteiger partial charge in [0.1, 0.15) is 5.60 Å². The maximum atomic E-state index is 14.4. The van der Waals surface area contributed by atoms with E-state index >= 15 is 0 Å². The van der Waals surface area contributed by atoms with Gasteiger partial charge in [-0.2, -0.15) is 22.0 Å². The summed E-state index contributed by atoms with van der Waals surface area (Å²) in [6.07, 6.45) is -3.89. The van der Waals surface area contributed by atoms with E-state index in [0.717, 1.165) is 5.57 Å². The van der Waals surface area contributed by atoms with Gasteiger partial charge < -0.3 is 10.2 Å². The summed E-state index contributed by atoms with van der Waals surface area (Å²) in [6, 6.07) is 0. The lowest BCUT2D eigenvalue weighted by Crippen LogP contribution is -2.65. The summed E-state index contributed by atoms with van der Waals surface area (Å²) < 4.78 is 68.1. The van der Waals surface area contributed by atoms with Crippen molar-refractivity contribution in [2.24, 2.45) is 29.1 Å². The number of carbonyl (C=O) groups excluding carboxylic acids is 1. The summed E-state index contributed by atoms with van der Waals surface area (Å²) in [6.45, 7) is 1.40. The molecule has 0 aromatic carbocycles. The normalized spacial score (nSPS) is 44.2. The Morgan fingerprint density at radius 1 is 0.964 bits per heavy atom. The second-order valence-electron chi connectivity index (χ2n) is 9.34. The molecule has 6 atom stereocenters. The molecule has 4 aliphatic carbocycles. The van der Waals surface area contributed by atoms with Crippen molar-refractivity contribution < 1.29 is 37.0 Å². The van der Waals surface area contributed by atoms with Gasteiger partial charge in [0.15, 0.2) is 11.5 Å². The van der Waals surface area contributed by atoms with Crippen molar-refractivity contribution in [1.82, 2.24) is 0 Å². The minimum atomic E-state index is -5.80. The van der Waals surface area contributed by atoms with E-state index in [4.69, 9.17) is 0 Å². The average molecular weight is 408 g/mol. The van der Waals surface area contributed by atoms with Gasteiger partial charge in [-0.25, -0.2) is 0 Å². The Morgan fingerprint density at radius 2 is 1.64 bits per heavy atom. The Bertz CT molecular complexity index is 730. The largest absolute Gasteiger partial charge is 0.504 e. The lowest BCUT2D eigenvalue weighted by atomic mass is 9.50. The van der Waals surface area contributed by atoms with Crippen molar-refractivity contribution in [1.29, 1.82) is 0 Å². The van der Waals surface area contributed by atoms with Crippen LogP contribution in [0.1, 0.15) is 58.3 Å². The monoisotopic (exact) mass is 408 g/mol. The number of hydrogen-bond acceptors (Lipinski definition) is 3. The van der Waals surface area contributed by atoms with Crippen molar-refractivity contribution in [2.75, 3.05) is 0 Å². The fourth-order valence-electron chi connectivity index (χ4n) is 7.03. The van der Waals surface area contributed by atoms with Crippen LogP contribution in [0.5, 0.6) is 0 Å². The highest BCUT2D eigenvalue weighted by atomic mass is 19.4. The zero-order valence-electron chi connectivity index (χ0n) is 15.7. The molecule has 2 N–H and O–H groups in total. The molecule has 28 heavy (non-hydrogen) atoms. The highest BCUT2D eigenvalue weighted by Gasteiger charge is 2.78. The van der Waals surface area contributed by atoms with Gasteiger partial charge in [0.25, 0.3) is 0 Å². The summed E-state index contributed by atoms with van der Waals surface area (Å²) in [5.74, 6) is -6.07. The summed E-state index contributed by atoms with van der Waals surface area (Å²) in [7, 11) is 0. The molecule has 0 bridgehead atoms. The van der Waals surface area contributed by atoms with E-state index in [1.54, 1.807) is 0 Å². The number of aliphatic hydroxyl groups excluding tert-OH is 1. The van der Waals surface area contributed by atoms with E-state index in [0.29, 0.717) is 25.7 Å². The topological polar surface area (TPSA) is 57.5 Å². The number of rotatable bonds is 1. The molecule has 0 unspecified atom stereocenters. The van der Waals surface area contributed by atoms with Crippen LogP contribution >= 0.6 is 0 Å². The molecule has 0 amide bonds. The van der Waals surface area contributed by atoms with Crippen molar-refractivity contribution in [3.63, 3.8) is 0 Å². The molecule has 0 saturated heterocycles. The quantitative estimate of drug-likeness (QED) is 0.604. The fraction of sp³-hybridized carbons (Fsp3) is 0.850. The van der Waals surface area contributed by atoms with Crippen LogP contribution in [-0.4, -0.2) is 33.7 Å². The predicted octanol–water partition coefficient (Wildman–Crippen LogP) is 4.94. The molecular weight excluding hydrogens is 383 g/mol. The van der Waals surface area contributed by atoms with Gasteiger partial charge in [-0.15, -0.1) is 0 Å². The number of ketones is 1. The second kappa shape index (κ2) is 5.92. The van der Waals surface area contributed by atoms with Crippen LogP contribution in [0.25, 0.3) is 0 Å². The maximum Gasteiger partial charge on any atom is 0.456 e. The lowest BCUT2D eigenvalue weighted by molar-refractivity contribution is -0.363. The summed E-state index contributed by atoms with van der Waals surface area (Å²) in [5.41, 5.74) is -3.88. The van der Waals surface area contributed by atoms with Gasteiger partial charge in [-0.05, 0) is 74.2 Å². The van der Waals surface area contributed by atoms with Crippen LogP contribution in [0, 0.1) is 29.1 Å². The van der Waals surface area contributed by atoms with E-state index in [1.165, 1.54) is 6.92 Å². The van der Waals surface area contributed by atoms with Gasteiger partial charge in [-0.1, -0.05) is 6.92 Å². The van der Waals surface area contributed by atoms with E-state index in [-0.39, 0.29) is 48.6 Å². The average Bonchev–Trinajstić information content (AvgIpc) is 2.90. The molecule has 0 aromatic rings. The first kappa shape index (κ1) is 20.1. The number of Topliss-reactive ketones (excluding diaryl/α,β-unsaturated/α-hetero) is 1. The van der Waals surface area contributed by atoms with Crippen LogP contribution in [0.4, 0.5) is 22.0 Å². The van der Waals surface area contributed by atoms with Crippen LogP contribution in [-0.2, 0) is 4.79 Å². The second-order valence-corrected chi connectivity index (χ2v) is 9.34. The first-order valence-electron chi connectivity index (χ1n) is 9.97. The molecule has 158 valence electrons. The van der Waals surface area contributed by atoms with E-state index < -0.39 is 35.5 Å². The lowest BCUT2D eigenvalue weighted by Gasteiger charge is -2.56. The summed E-state index contributed by atoms with van der Waals surface area (Å²) >= 11 is 0. The molecule has 8 heteroatoms. The van der Waals surface area contributed by atoms with E-state index in [2.05, 4.69) is 0 Å². The smallest absolute Gasteiger partial charge is 0.456 e. The SMILES string of the molecule is C[C@]12CC[C@H]3[C@@H](CCC4=C(O)C(=O)CC[C@@H]43)[C@@H]1CC[C@@]2(O)C(F)(F)C(F)(F)F. The number of allylic oxidation sites excluding steroid dienone is 1. The number of aliphatic hydroxyl groups is 2. The van der Waals surface area contributed by atoms with E-state index in [1.807, 2.05) is 0 Å². The zero-order valence-corrected chi connectivity index (χ0v) is 15.7. The molecule has 0 heterocycles. The van der Waals surface area contributed by atoms with Crippen molar-refractivity contribution >= 4 is 5.78 Å². The molecule has 3 fully saturated rings. The number of alkyl halides is 5. The van der Waals surface area contributed by atoms with Crippen LogP contribution in [0.2, 0.25) is 0 Å². The third-order valence-electron chi connectivity index (χ3n) is 8.48. The van der Waals surface area contributed by atoms with Crippen LogP contribution in [0.3, 0.4) is 0 Å². The highest BCUT2D eigenvalue weighted by molar-refractivity contribution is 5.94. The number of carbonyl (C=O) groups is 1. The molecule has 4 rings (SSSR count). The number of fused-ring (bicyclic) bond motifs is 5. The number of halogens is 5. The molecule has 0 spiro atoms. The minimum Gasteiger partial charge on any atom is -0.504 e. The van der Waals surface area contributed by atoms with Gasteiger partial charge in [0.05, 0.1) is 0 Å². The molecule has 0 radical (unpaired) electrons. The third kappa shape index (κ3) is 2.33. The summed E-state index contributed by atoms with van der Waals surface area (Å²) in [4.78, 5) is 11.8. The third-order valence-corrected chi connectivity index (χ3v) is 8.48. The first-order valence-corrected chi connectivity index (χ1v) is 9.97. The van der Waals surface area contributed by atoms with E-state index in [9.17, 15) is 37.0 Å². The van der Waals surface area contributed by atoms with Gasteiger partial charge in [0, 0.05) is 11.8 Å². The molecule has 3 saturated carbocycles.